The van der Waals surface area contributed by atoms with Crippen LogP contribution in [0.5, 0.6) is 0 Å². The summed E-state index contributed by atoms with van der Waals surface area (Å²) in [6.07, 6.45) is 2.09. The molecule has 14 atom stereocenters. The number of hydrogen-bond acceptors (Lipinski definition) is 14. The number of methoxy groups -OCH3 is 1. The van der Waals surface area contributed by atoms with Gasteiger partial charge in [0.2, 0.25) is 5.79 Å². The third kappa shape index (κ3) is 12.4. The van der Waals surface area contributed by atoms with Crippen LogP contribution in [0.2, 0.25) is 0 Å². The number of aldehydes is 3. The number of rotatable bonds is 10. The van der Waals surface area contributed by atoms with Crippen LogP contribution < -0.4 is 0 Å². The number of aliphatic hydroxyl groups is 3. The van der Waals surface area contributed by atoms with E-state index in [1.807, 2.05) is 6.08 Å². The predicted octanol–water partition coefficient (Wildman–Crippen LogP) is 3.10. The van der Waals surface area contributed by atoms with Gasteiger partial charge in [-0.25, -0.2) is 4.79 Å². The smallest absolute Gasteiger partial charge is 0.329 e. The lowest BCUT2D eigenvalue weighted by Gasteiger charge is -2.45. The third-order valence-corrected chi connectivity index (χ3v) is 13.3. The van der Waals surface area contributed by atoms with E-state index in [1.54, 1.807) is 26.8 Å². The maximum Gasteiger partial charge on any atom is 0.329 e. The molecule has 16 heteroatoms. The number of fused-ring (bicyclic) bond motifs is 3. The fourth-order valence-corrected chi connectivity index (χ4v) is 9.65. The van der Waals surface area contributed by atoms with E-state index >= 15 is 0 Å². The highest BCUT2D eigenvalue weighted by Crippen LogP contribution is 2.41. The van der Waals surface area contributed by atoms with Crippen molar-refractivity contribution in [1.82, 2.24) is 4.90 Å². The molecular formula is C45H65NO15. The number of aliphatic hydroxyl groups excluding tert-OH is 2. The number of carboxylic acids is 1. The minimum atomic E-state index is -2.79. The Morgan fingerprint density at radius 3 is 2.26 bits per heavy atom. The summed E-state index contributed by atoms with van der Waals surface area (Å²) in [5, 5.41) is 43.4. The molecule has 2 bridgehead atoms. The van der Waals surface area contributed by atoms with E-state index in [-0.39, 0.29) is 57.4 Å². The van der Waals surface area contributed by atoms with Crippen molar-refractivity contribution in [2.24, 2.45) is 41.4 Å². The molecule has 340 valence electrons. The second-order valence-electron chi connectivity index (χ2n) is 17.9. The molecular weight excluding hydrogens is 794 g/mol. The molecule has 61 heavy (non-hydrogen) atoms. The van der Waals surface area contributed by atoms with Gasteiger partial charge >= 0.3 is 11.9 Å². The van der Waals surface area contributed by atoms with Gasteiger partial charge in [0.1, 0.15) is 36.8 Å². The number of amides is 1. The van der Waals surface area contributed by atoms with E-state index in [9.17, 15) is 58.8 Å². The topological polar surface area (TPSA) is 248 Å². The summed E-state index contributed by atoms with van der Waals surface area (Å²) >= 11 is 0. The van der Waals surface area contributed by atoms with E-state index in [2.05, 4.69) is 0 Å². The molecule has 0 spiro atoms. The van der Waals surface area contributed by atoms with Crippen molar-refractivity contribution in [3.8, 4) is 0 Å². The zero-order valence-corrected chi connectivity index (χ0v) is 36.0. The second-order valence-corrected chi connectivity index (χ2v) is 17.9. The Morgan fingerprint density at radius 2 is 1.62 bits per heavy atom. The van der Waals surface area contributed by atoms with Crippen molar-refractivity contribution in [2.45, 2.75) is 154 Å². The molecule has 2 saturated heterocycles. The van der Waals surface area contributed by atoms with Crippen LogP contribution in [0.15, 0.2) is 23.3 Å². The van der Waals surface area contributed by atoms with Crippen LogP contribution in [0.25, 0.3) is 0 Å². The molecule has 1 saturated carbocycles. The molecule has 16 nitrogen and oxygen atoms in total. The molecule has 3 heterocycles. The van der Waals surface area contributed by atoms with Crippen LogP contribution in [-0.4, -0.2) is 130 Å². The highest BCUT2D eigenvalue weighted by molar-refractivity contribution is 6.39. The number of cyclic esters (lactones) is 1. The van der Waals surface area contributed by atoms with Gasteiger partial charge in [0, 0.05) is 62.0 Å². The number of ketones is 2. The molecule has 0 aromatic rings. The Kier molecular flexibility index (Phi) is 18.3. The first-order chi connectivity index (χ1) is 28.9. The number of allylic oxidation sites excluding steroid dienone is 3. The van der Waals surface area contributed by atoms with Crippen molar-refractivity contribution in [3.05, 3.63) is 23.3 Å². The molecule has 0 unspecified atom stereocenters. The number of esters is 1. The summed E-state index contributed by atoms with van der Waals surface area (Å²) < 4.78 is 17.6. The Balaban J connectivity index is 1.81. The lowest BCUT2D eigenvalue weighted by molar-refractivity contribution is -0.278. The summed E-state index contributed by atoms with van der Waals surface area (Å²) in [7, 11) is 1.51. The van der Waals surface area contributed by atoms with E-state index in [0.717, 1.165) is 4.90 Å². The first-order valence-electron chi connectivity index (χ1n) is 21.7. The SMILES string of the molecule is CO[C@@H]1C[C@H](/C=C(\C)[C@H]2OC(=O)[C@@H]3CCCCN3C(=O)C(=O)[C@]3(O)O[C@H]([C@@H](C=O)C[C@@H](C=O)C/C(C)=C/[C@@H](CCCC(=O)O)C(=O)C[C@H](O)[C@H]2C)[C@@H](C=O)C[C@H]3C)CC[C@H]1O. The molecule has 4 N–H and O–H groups in total. The van der Waals surface area contributed by atoms with Gasteiger partial charge < -0.3 is 53.9 Å². The molecule has 3 aliphatic heterocycles. The Bertz CT molecular complexity index is 1680. The zero-order valence-electron chi connectivity index (χ0n) is 36.0. The lowest BCUT2D eigenvalue weighted by Crippen LogP contribution is -2.63. The number of carbonyl (C=O) groups is 8. The number of ether oxygens (including phenoxy) is 3. The highest BCUT2D eigenvalue weighted by atomic mass is 16.6. The number of carboxylic acid groups (broad SMARTS) is 1. The standard InChI is InChI=1S/C45H65NO15/c1-25-15-30(22-47)19-33(24-49)41-32(23-48)18-27(3)45(58,61-41)42(55)43(56)46-14-7-6-10-34(46)44(57)60-40(26(2)17-29-12-13-35(50)38(20-29)59-5)28(4)36(51)21-37(52)31(16-25)9-8-11-39(53)54/h16-17,22-24,27-36,38,40-41,50-51,58H,6-15,18-21H2,1-5H3,(H,53,54)/b25-16+,26-17+/t27-,28-,29+,30+,31-,32-,33-,34+,35-,36+,38-,40-,41+,45-/m1/s1. The van der Waals surface area contributed by atoms with E-state index in [4.69, 9.17) is 14.2 Å². The van der Waals surface area contributed by atoms with Gasteiger partial charge in [-0.2, -0.15) is 0 Å². The minimum absolute atomic E-state index is 0.0439. The monoisotopic (exact) mass is 859 g/mol. The second kappa shape index (κ2) is 22.4. The number of hydrogen-bond donors (Lipinski definition) is 4. The maximum atomic E-state index is 14.3. The van der Waals surface area contributed by atoms with Gasteiger partial charge in [0.15, 0.2) is 0 Å². The van der Waals surface area contributed by atoms with Gasteiger partial charge in [-0.1, -0.05) is 31.6 Å². The first-order valence-corrected chi connectivity index (χ1v) is 21.7. The summed E-state index contributed by atoms with van der Waals surface area (Å²) in [5.74, 6) is -13.8. The van der Waals surface area contributed by atoms with Gasteiger partial charge in [-0.15, -0.1) is 0 Å². The lowest BCUT2D eigenvalue weighted by atomic mass is 9.75. The van der Waals surface area contributed by atoms with E-state index in [0.29, 0.717) is 62.1 Å². The average molecular weight is 860 g/mol. The fourth-order valence-electron chi connectivity index (χ4n) is 9.65. The van der Waals surface area contributed by atoms with Crippen molar-refractivity contribution < 1.29 is 73.0 Å². The molecule has 0 aromatic carbocycles. The summed E-state index contributed by atoms with van der Waals surface area (Å²) in [6, 6.07) is -1.29. The molecule has 1 amide bonds. The van der Waals surface area contributed by atoms with Crippen molar-refractivity contribution in [1.29, 1.82) is 0 Å². The Labute approximate surface area is 357 Å². The summed E-state index contributed by atoms with van der Waals surface area (Å²) in [6.45, 7) is 6.41. The maximum absolute atomic E-state index is 14.3. The molecule has 4 aliphatic rings. The fraction of sp³-hybridized carbons (Fsp3) is 0.733. The number of piperidine rings is 1. The largest absolute Gasteiger partial charge is 0.481 e. The number of aliphatic carboxylic acids is 1. The van der Waals surface area contributed by atoms with Gasteiger partial charge in [0.05, 0.1) is 24.4 Å². The van der Waals surface area contributed by atoms with Crippen LogP contribution in [0.4, 0.5) is 0 Å². The van der Waals surface area contributed by atoms with Crippen molar-refractivity contribution in [2.75, 3.05) is 13.7 Å². The van der Waals surface area contributed by atoms with Crippen LogP contribution in [0.3, 0.4) is 0 Å². The van der Waals surface area contributed by atoms with Gasteiger partial charge in [-0.3, -0.25) is 19.2 Å². The van der Waals surface area contributed by atoms with Crippen LogP contribution in [-0.2, 0) is 52.6 Å². The Morgan fingerprint density at radius 1 is 0.934 bits per heavy atom. The quantitative estimate of drug-likeness (QED) is 0.107. The summed E-state index contributed by atoms with van der Waals surface area (Å²) in [4.78, 5) is 107. The number of nitrogens with zero attached hydrogens (tertiary/aromatic N) is 1. The normalized spacial score (nSPS) is 38.8. The van der Waals surface area contributed by atoms with Crippen molar-refractivity contribution >= 4 is 48.3 Å². The molecule has 3 fully saturated rings. The first kappa shape index (κ1) is 49.7. The number of carbonyl (C=O) groups excluding carboxylic acids is 7. The summed E-state index contributed by atoms with van der Waals surface area (Å²) in [5.41, 5.74) is 1.10. The van der Waals surface area contributed by atoms with Gasteiger partial charge in [0.25, 0.3) is 11.7 Å². The van der Waals surface area contributed by atoms with Crippen LogP contribution in [0, 0.1) is 41.4 Å². The highest BCUT2D eigenvalue weighted by Gasteiger charge is 2.56. The third-order valence-electron chi connectivity index (χ3n) is 13.3. The van der Waals surface area contributed by atoms with Crippen LogP contribution in [0.1, 0.15) is 111 Å². The van der Waals surface area contributed by atoms with Gasteiger partial charge in [-0.05, 0) is 96.0 Å². The minimum Gasteiger partial charge on any atom is -0.481 e. The molecule has 1 aliphatic carbocycles. The molecule has 4 rings (SSSR count). The van der Waals surface area contributed by atoms with E-state index < -0.39 is 114 Å². The average Bonchev–Trinajstić information content (AvgIpc) is 3.23. The predicted molar refractivity (Wildman–Crippen MR) is 217 cm³/mol. The number of Topliss-reactive ketones (excluding diaryl/α,β-unsaturated/α-hetero) is 2. The molecule has 0 radical (unpaired) electrons. The van der Waals surface area contributed by atoms with Crippen LogP contribution >= 0.6 is 0 Å². The molecule has 0 aromatic heterocycles. The Hall–Kier alpha value is -3.96. The van der Waals surface area contributed by atoms with E-state index in [1.165, 1.54) is 14.0 Å². The van der Waals surface area contributed by atoms with Crippen molar-refractivity contribution in [3.63, 3.8) is 0 Å². The zero-order chi connectivity index (χ0) is 45.2.